The lowest BCUT2D eigenvalue weighted by Gasteiger charge is -2.03. The van der Waals surface area contributed by atoms with E-state index in [4.69, 9.17) is 5.73 Å². The van der Waals surface area contributed by atoms with E-state index in [-0.39, 0.29) is 0 Å². The van der Waals surface area contributed by atoms with Crippen molar-refractivity contribution in [2.45, 2.75) is 19.6 Å². The van der Waals surface area contributed by atoms with Gasteiger partial charge in [-0.3, -0.25) is 0 Å². The third kappa shape index (κ3) is 5.87. The second-order valence-corrected chi connectivity index (χ2v) is 9.61. The Balaban J connectivity index is 2.82. The lowest BCUT2D eigenvalue weighted by atomic mass is 10.1. The van der Waals surface area contributed by atoms with Crippen LogP contribution in [0.4, 0.5) is 4.79 Å². The molecule has 0 aromatic heterocycles. The van der Waals surface area contributed by atoms with Crippen molar-refractivity contribution in [1.29, 1.82) is 0 Å². The highest BCUT2D eigenvalue weighted by molar-refractivity contribution is 6.83. The summed E-state index contributed by atoms with van der Waals surface area (Å²) in [6.07, 6.45) is 1.53. The van der Waals surface area contributed by atoms with Gasteiger partial charge in [-0.1, -0.05) is 37.7 Å². The van der Waals surface area contributed by atoms with Crippen LogP contribution in [0.2, 0.25) is 19.6 Å². The zero-order valence-corrected chi connectivity index (χ0v) is 11.8. The number of nitrogens with two attached hydrogens (primary N) is 1. The van der Waals surface area contributed by atoms with E-state index >= 15 is 0 Å². The van der Waals surface area contributed by atoms with Crippen molar-refractivity contribution < 1.29 is 4.79 Å². The van der Waals surface area contributed by atoms with Crippen LogP contribution in [0.3, 0.4) is 0 Å². The first-order valence-electron chi connectivity index (χ1n) is 5.58. The Morgan fingerprint density at radius 3 is 2.78 bits per heavy atom. The summed E-state index contributed by atoms with van der Waals surface area (Å²) in [4.78, 5) is 10.4. The van der Waals surface area contributed by atoms with Gasteiger partial charge in [-0.25, -0.2) is 10.2 Å². The molecule has 0 saturated heterocycles. The van der Waals surface area contributed by atoms with Crippen molar-refractivity contribution >= 4 is 20.3 Å². The van der Waals surface area contributed by atoms with Gasteiger partial charge >= 0.3 is 6.03 Å². The van der Waals surface area contributed by atoms with Gasteiger partial charge in [-0.2, -0.15) is 5.10 Å². The van der Waals surface area contributed by atoms with Gasteiger partial charge < -0.3 is 5.73 Å². The molecule has 0 saturated carbocycles. The van der Waals surface area contributed by atoms with Crippen molar-refractivity contribution in [3.63, 3.8) is 0 Å². The average molecular weight is 259 g/mol. The summed E-state index contributed by atoms with van der Waals surface area (Å²) in [7, 11) is -1.37. The average Bonchev–Trinajstić information content (AvgIpc) is 2.26. The van der Waals surface area contributed by atoms with Crippen molar-refractivity contribution in [2.75, 3.05) is 0 Å². The molecule has 0 atom stereocenters. The van der Waals surface area contributed by atoms with E-state index in [0.29, 0.717) is 0 Å². The molecule has 5 heteroatoms. The maximum absolute atomic E-state index is 10.4. The summed E-state index contributed by atoms with van der Waals surface area (Å²) in [6, 6.07) is 6.97. The first-order valence-corrected chi connectivity index (χ1v) is 9.08. The van der Waals surface area contributed by atoms with Crippen molar-refractivity contribution in [3.05, 3.63) is 35.4 Å². The van der Waals surface area contributed by atoms with Crippen molar-refractivity contribution in [2.24, 2.45) is 10.8 Å². The maximum atomic E-state index is 10.4. The number of rotatable bonds is 2. The van der Waals surface area contributed by atoms with Crippen LogP contribution in [0, 0.1) is 11.5 Å². The lowest BCUT2D eigenvalue weighted by molar-refractivity contribution is 0.249. The number of nitrogens with zero attached hydrogens (tertiary/aromatic N) is 1. The number of amides is 2. The van der Waals surface area contributed by atoms with Crippen LogP contribution in [-0.2, 0) is 0 Å². The summed E-state index contributed by atoms with van der Waals surface area (Å²) < 4.78 is 0. The van der Waals surface area contributed by atoms with E-state index in [0.717, 1.165) is 11.1 Å². The molecule has 94 valence electrons. The Hall–Kier alpha value is -2.06. The van der Waals surface area contributed by atoms with Gasteiger partial charge in [-0.15, -0.1) is 5.54 Å². The molecule has 0 bridgehead atoms. The third-order valence-corrected chi connectivity index (χ3v) is 2.73. The highest BCUT2D eigenvalue weighted by Crippen LogP contribution is 2.03. The number of benzene rings is 1. The Bertz CT molecular complexity index is 521. The highest BCUT2D eigenvalue weighted by Gasteiger charge is 2.07. The fourth-order valence-corrected chi connectivity index (χ4v) is 1.65. The van der Waals surface area contributed by atoms with Gasteiger partial charge in [0.15, 0.2) is 0 Å². The van der Waals surface area contributed by atoms with Gasteiger partial charge in [0.05, 0.1) is 6.21 Å². The second-order valence-electron chi connectivity index (χ2n) is 4.86. The number of hydrogen-bond acceptors (Lipinski definition) is 2. The van der Waals surface area contributed by atoms with Gasteiger partial charge in [0.2, 0.25) is 0 Å². The number of carbonyl (C=O) groups is 1. The third-order valence-electron chi connectivity index (χ3n) is 1.86. The Labute approximate surface area is 108 Å². The summed E-state index contributed by atoms with van der Waals surface area (Å²) in [5.41, 5.74) is 12.2. The standard InChI is InChI=1S/C13H17N3OSi/c1-18(2,3)8-7-11-5-4-6-12(9-11)10-15-16-13(14)17/h4-6,9-10H,1-3H3,(H3,14,16,17). The van der Waals surface area contributed by atoms with E-state index in [9.17, 15) is 4.79 Å². The van der Waals surface area contributed by atoms with E-state index in [1.54, 1.807) is 0 Å². The molecule has 1 rings (SSSR count). The molecule has 0 heterocycles. The number of primary amides is 1. The predicted octanol–water partition coefficient (Wildman–Crippen LogP) is 1.92. The molecule has 2 amide bonds. The van der Waals surface area contributed by atoms with E-state index in [1.807, 2.05) is 24.3 Å². The van der Waals surface area contributed by atoms with Crippen molar-refractivity contribution in [3.8, 4) is 11.5 Å². The summed E-state index contributed by atoms with van der Waals surface area (Å²) >= 11 is 0. The lowest BCUT2D eigenvalue weighted by Crippen LogP contribution is -2.24. The molecule has 1 aromatic rings. The summed E-state index contributed by atoms with van der Waals surface area (Å²) in [6.45, 7) is 6.59. The number of hydrazone groups is 1. The number of urea groups is 1. The number of carbonyl (C=O) groups excluding carboxylic acids is 1. The van der Waals surface area contributed by atoms with Crippen LogP contribution in [0.25, 0.3) is 0 Å². The maximum Gasteiger partial charge on any atom is 0.332 e. The number of nitrogens with one attached hydrogen (secondary N) is 1. The SMILES string of the molecule is C[Si](C)(C)C#Cc1cccc(C=NNC(N)=O)c1. The Morgan fingerprint density at radius 2 is 2.17 bits per heavy atom. The fourth-order valence-electron chi connectivity index (χ4n) is 1.13. The van der Waals surface area contributed by atoms with E-state index < -0.39 is 14.1 Å². The fraction of sp³-hybridized carbons (Fsp3) is 0.231. The quantitative estimate of drug-likeness (QED) is 0.362. The predicted molar refractivity (Wildman–Crippen MR) is 77.0 cm³/mol. The van der Waals surface area contributed by atoms with E-state index in [2.05, 4.69) is 41.6 Å². The minimum Gasteiger partial charge on any atom is -0.350 e. The van der Waals surface area contributed by atoms with Gasteiger partial charge in [-0.05, 0) is 17.7 Å². The Morgan fingerprint density at radius 1 is 1.44 bits per heavy atom. The van der Waals surface area contributed by atoms with Gasteiger partial charge in [0.25, 0.3) is 0 Å². The first-order chi connectivity index (χ1) is 8.37. The molecule has 0 unspecified atom stereocenters. The minimum absolute atomic E-state index is 0.680. The zero-order chi connectivity index (χ0) is 13.6. The van der Waals surface area contributed by atoms with Crippen LogP contribution in [0.1, 0.15) is 11.1 Å². The van der Waals surface area contributed by atoms with Gasteiger partial charge in [0.1, 0.15) is 8.07 Å². The molecule has 0 radical (unpaired) electrons. The monoisotopic (exact) mass is 259 g/mol. The van der Waals surface area contributed by atoms with Crippen LogP contribution in [0.5, 0.6) is 0 Å². The molecular weight excluding hydrogens is 242 g/mol. The zero-order valence-electron chi connectivity index (χ0n) is 10.8. The highest BCUT2D eigenvalue weighted by atomic mass is 28.3. The van der Waals surface area contributed by atoms with Crippen molar-refractivity contribution in [1.82, 2.24) is 5.43 Å². The molecule has 0 fully saturated rings. The summed E-state index contributed by atoms with van der Waals surface area (Å²) in [5, 5.41) is 3.70. The molecule has 0 aliphatic heterocycles. The smallest absolute Gasteiger partial charge is 0.332 e. The Kier molecular flexibility index (Phi) is 4.69. The van der Waals surface area contributed by atoms with Crippen LogP contribution in [0.15, 0.2) is 29.4 Å². The first kappa shape index (κ1) is 14.0. The minimum atomic E-state index is -1.37. The van der Waals surface area contributed by atoms with Crippen LogP contribution >= 0.6 is 0 Å². The number of hydrogen-bond donors (Lipinski definition) is 2. The molecule has 18 heavy (non-hydrogen) atoms. The second kappa shape index (κ2) is 6.03. The molecule has 0 spiro atoms. The molecule has 4 nitrogen and oxygen atoms in total. The normalized spacial score (nSPS) is 10.8. The van der Waals surface area contributed by atoms with Crippen LogP contribution in [-0.4, -0.2) is 20.3 Å². The van der Waals surface area contributed by atoms with Crippen LogP contribution < -0.4 is 11.2 Å². The molecule has 0 aliphatic carbocycles. The van der Waals surface area contributed by atoms with E-state index in [1.165, 1.54) is 6.21 Å². The topological polar surface area (TPSA) is 67.5 Å². The summed E-state index contributed by atoms with van der Waals surface area (Å²) in [5.74, 6) is 3.16. The van der Waals surface area contributed by atoms with Gasteiger partial charge in [0, 0.05) is 5.56 Å². The molecule has 3 N–H and O–H groups in total. The molecule has 0 aliphatic rings. The largest absolute Gasteiger partial charge is 0.350 e. The molecular formula is C13H17N3OSi. The molecule has 1 aromatic carbocycles.